The van der Waals surface area contributed by atoms with E-state index in [4.69, 9.17) is 9.47 Å². The molecule has 0 bridgehead atoms. The molecule has 0 saturated carbocycles. The van der Waals surface area contributed by atoms with Gasteiger partial charge in [-0.3, -0.25) is 4.90 Å². The molecule has 0 saturated heterocycles. The molecule has 0 aliphatic carbocycles. The predicted molar refractivity (Wildman–Crippen MR) is 135 cm³/mol. The van der Waals surface area contributed by atoms with Crippen molar-refractivity contribution < 1.29 is 14.3 Å². The van der Waals surface area contributed by atoms with E-state index in [0.29, 0.717) is 32.0 Å². The number of aryl methyl sites for hydroxylation is 1. The van der Waals surface area contributed by atoms with E-state index < -0.39 is 0 Å². The predicted octanol–water partition coefficient (Wildman–Crippen LogP) is 5.42. The molecule has 0 spiro atoms. The van der Waals surface area contributed by atoms with Gasteiger partial charge in [-0.15, -0.1) is 0 Å². The summed E-state index contributed by atoms with van der Waals surface area (Å²) in [5.74, 6) is 0.538. The fourth-order valence-corrected chi connectivity index (χ4v) is 4.72. The molecule has 1 aromatic heterocycles. The van der Waals surface area contributed by atoms with E-state index >= 15 is 0 Å². The molecule has 6 heteroatoms. The highest BCUT2D eigenvalue weighted by molar-refractivity contribution is 6.09. The minimum Gasteiger partial charge on any atom is -0.477 e. The summed E-state index contributed by atoms with van der Waals surface area (Å²) < 4.78 is 13.9. The number of fused-ring (bicyclic) bond motifs is 3. The fraction of sp³-hybridized carbons (Fsp3) is 0.250. The number of rotatable bonds is 6. The molecule has 5 rings (SSSR count). The van der Waals surface area contributed by atoms with Gasteiger partial charge in [0.1, 0.15) is 12.5 Å². The van der Waals surface area contributed by atoms with Gasteiger partial charge in [-0.1, -0.05) is 48.5 Å². The summed E-state index contributed by atoms with van der Waals surface area (Å²) in [4.78, 5) is 15.4. The summed E-state index contributed by atoms with van der Waals surface area (Å²) in [6, 6.07) is 22.4. The number of anilines is 1. The van der Waals surface area contributed by atoms with E-state index in [1.54, 1.807) is 0 Å². The Morgan fingerprint density at radius 3 is 2.47 bits per heavy atom. The Bertz CT molecular complexity index is 1330. The van der Waals surface area contributed by atoms with Crippen LogP contribution >= 0.6 is 0 Å². The molecular formula is C28H29N3O3. The Labute approximate surface area is 199 Å². The van der Waals surface area contributed by atoms with Crippen molar-refractivity contribution in [2.45, 2.75) is 20.0 Å². The van der Waals surface area contributed by atoms with E-state index in [1.165, 1.54) is 0 Å². The Hall–Kier alpha value is -3.77. The third kappa shape index (κ3) is 3.90. The Balaban J connectivity index is 1.75. The SMILES string of the molecule is CCOC(=O)c1c(CNc2ccccc2)n(C)c2cc(-c3ccccc3)c3c(c12)CN(C)CO3. The fourth-order valence-electron chi connectivity index (χ4n) is 4.72. The maximum Gasteiger partial charge on any atom is 0.340 e. The van der Waals surface area contributed by atoms with Crippen LogP contribution in [0.3, 0.4) is 0 Å². The van der Waals surface area contributed by atoms with E-state index in [-0.39, 0.29) is 5.97 Å². The summed E-state index contributed by atoms with van der Waals surface area (Å²) in [6.45, 7) is 3.85. The number of carbonyl (C=O) groups is 1. The molecule has 1 aliphatic heterocycles. The average molecular weight is 456 g/mol. The first-order valence-electron chi connectivity index (χ1n) is 11.6. The first-order chi connectivity index (χ1) is 16.6. The number of hydrogen-bond donors (Lipinski definition) is 1. The largest absolute Gasteiger partial charge is 0.477 e. The van der Waals surface area contributed by atoms with Crippen LogP contribution in [0.25, 0.3) is 22.0 Å². The third-order valence-corrected chi connectivity index (χ3v) is 6.32. The molecule has 4 aromatic rings. The molecule has 0 unspecified atom stereocenters. The lowest BCUT2D eigenvalue weighted by atomic mass is 9.95. The number of nitrogens with one attached hydrogen (secondary N) is 1. The highest BCUT2D eigenvalue weighted by Crippen LogP contribution is 2.44. The van der Waals surface area contributed by atoms with Crippen LogP contribution in [0.15, 0.2) is 66.7 Å². The minimum atomic E-state index is -0.305. The van der Waals surface area contributed by atoms with Crippen LogP contribution in [-0.4, -0.2) is 35.8 Å². The van der Waals surface area contributed by atoms with Crippen molar-refractivity contribution in [2.75, 3.05) is 25.7 Å². The molecule has 0 atom stereocenters. The maximum absolute atomic E-state index is 13.3. The lowest BCUT2D eigenvalue weighted by Crippen LogP contribution is -2.28. The van der Waals surface area contributed by atoms with Gasteiger partial charge in [-0.2, -0.15) is 0 Å². The Morgan fingerprint density at radius 1 is 1.06 bits per heavy atom. The van der Waals surface area contributed by atoms with Crippen LogP contribution in [0, 0.1) is 0 Å². The highest BCUT2D eigenvalue weighted by Gasteiger charge is 2.30. The van der Waals surface area contributed by atoms with Gasteiger partial charge in [0, 0.05) is 35.8 Å². The topological polar surface area (TPSA) is 55.7 Å². The summed E-state index contributed by atoms with van der Waals surface area (Å²) in [5.41, 5.74) is 6.63. The van der Waals surface area contributed by atoms with Crippen LogP contribution in [0.4, 0.5) is 5.69 Å². The molecule has 1 N–H and O–H groups in total. The quantitative estimate of drug-likeness (QED) is 0.394. The van der Waals surface area contributed by atoms with Crippen molar-refractivity contribution in [3.8, 4) is 16.9 Å². The van der Waals surface area contributed by atoms with Gasteiger partial charge in [0.05, 0.1) is 29.9 Å². The van der Waals surface area contributed by atoms with E-state index in [9.17, 15) is 4.79 Å². The number of nitrogens with zero attached hydrogens (tertiary/aromatic N) is 2. The zero-order valence-corrected chi connectivity index (χ0v) is 19.8. The van der Waals surface area contributed by atoms with Crippen molar-refractivity contribution in [1.29, 1.82) is 0 Å². The molecule has 0 amide bonds. The molecule has 0 fully saturated rings. The summed E-state index contributed by atoms with van der Waals surface area (Å²) >= 11 is 0. The smallest absolute Gasteiger partial charge is 0.340 e. The zero-order chi connectivity index (χ0) is 23.7. The molecule has 2 heterocycles. The highest BCUT2D eigenvalue weighted by atomic mass is 16.5. The molecule has 1 aliphatic rings. The van der Waals surface area contributed by atoms with Gasteiger partial charge in [0.2, 0.25) is 0 Å². The number of carbonyl (C=O) groups excluding carboxylic acids is 1. The molecule has 3 aromatic carbocycles. The normalized spacial score (nSPS) is 13.4. The van der Waals surface area contributed by atoms with E-state index in [1.807, 2.05) is 69.6 Å². The third-order valence-electron chi connectivity index (χ3n) is 6.32. The van der Waals surface area contributed by atoms with Gasteiger partial charge < -0.3 is 19.4 Å². The summed E-state index contributed by atoms with van der Waals surface area (Å²) in [6.07, 6.45) is 0. The maximum atomic E-state index is 13.3. The minimum absolute atomic E-state index is 0.305. The van der Waals surface area contributed by atoms with Gasteiger partial charge in [-0.05, 0) is 37.7 Å². The lowest BCUT2D eigenvalue weighted by molar-refractivity contribution is 0.0527. The molecule has 174 valence electrons. The second kappa shape index (κ2) is 9.23. The molecule has 0 radical (unpaired) electrons. The Kier molecular flexibility index (Phi) is 5.99. The number of hydrogen-bond acceptors (Lipinski definition) is 5. The number of esters is 1. The number of benzene rings is 3. The van der Waals surface area contributed by atoms with Crippen molar-refractivity contribution >= 4 is 22.6 Å². The van der Waals surface area contributed by atoms with Gasteiger partial charge >= 0.3 is 5.97 Å². The van der Waals surface area contributed by atoms with Crippen LogP contribution < -0.4 is 10.1 Å². The second-order valence-corrected chi connectivity index (χ2v) is 8.60. The van der Waals surface area contributed by atoms with Gasteiger partial charge in [-0.25, -0.2) is 4.79 Å². The van der Waals surface area contributed by atoms with Crippen molar-refractivity contribution in [1.82, 2.24) is 9.47 Å². The summed E-state index contributed by atoms with van der Waals surface area (Å²) in [5, 5.41) is 4.37. The van der Waals surface area contributed by atoms with Gasteiger partial charge in [0.15, 0.2) is 0 Å². The van der Waals surface area contributed by atoms with E-state index in [2.05, 4.69) is 33.0 Å². The molecule has 6 nitrogen and oxygen atoms in total. The lowest BCUT2D eigenvalue weighted by Gasteiger charge is -2.28. The number of aromatic nitrogens is 1. The number of para-hydroxylation sites is 1. The van der Waals surface area contributed by atoms with Crippen LogP contribution in [0.1, 0.15) is 28.5 Å². The monoisotopic (exact) mass is 455 g/mol. The first kappa shape index (κ1) is 22.0. The molecule has 34 heavy (non-hydrogen) atoms. The van der Waals surface area contributed by atoms with Crippen LogP contribution in [-0.2, 0) is 24.9 Å². The van der Waals surface area contributed by atoms with Crippen molar-refractivity contribution in [3.05, 3.63) is 83.6 Å². The first-order valence-corrected chi connectivity index (χ1v) is 11.6. The average Bonchev–Trinajstić information content (AvgIpc) is 3.15. The number of ether oxygens (including phenoxy) is 2. The van der Waals surface area contributed by atoms with Crippen LogP contribution in [0.5, 0.6) is 5.75 Å². The second-order valence-electron chi connectivity index (χ2n) is 8.60. The molecular weight excluding hydrogens is 426 g/mol. The van der Waals surface area contributed by atoms with Crippen LogP contribution in [0.2, 0.25) is 0 Å². The Morgan fingerprint density at radius 2 is 1.76 bits per heavy atom. The zero-order valence-electron chi connectivity index (χ0n) is 19.8. The van der Waals surface area contributed by atoms with Crippen molar-refractivity contribution in [3.63, 3.8) is 0 Å². The summed E-state index contributed by atoms with van der Waals surface area (Å²) in [7, 11) is 4.04. The van der Waals surface area contributed by atoms with Gasteiger partial charge in [0.25, 0.3) is 0 Å². The van der Waals surface area contributed by atoms with E-state index in [0.717, 1.165) is 44.7 Å². The van der Waals surface area contributed by atoms with Crippen molar-refractivity contribution in [2.24, 2.45) is 7.05 Å². The standard InChI is InChI=1S/C28H29N3O3/c1-4-33-28(32)26-24(16-29-20-13-9-6-10-14-20)31(3)23-15-21(19-11-7-5-8-12-19)27-22(25(23)26)17-30(2)18-34-27/h5-15,29H,4,16-18H2,1-3H3.